The van der Waals surface area contributed by atoms with Crippen LogP contribution in [0.2, 0.25) is 0 Å². The van der Waals surface area contributed by atoms with E-state index in [1.807, 2.05) is 0 Å². The lowest BCUT2D eigenvalue weighted by atomic mass is 10.1. The van der Waals surface area contributed by atoms with Gasteiger partial charge in [-0.05, 0) is 6.42 Å². The molecule has 0 fully saturated rings. The molecular formula is C13H21N5O. The van der Waals surface area contributed by atoms with Gasteiger partial charge in [0.1, 0.15) is 6.33 Å². The molecule has 19 heavy (non-hydrogen) atoms. The molecule has 104 valence electrons. The van der Waals surface area contributed by atoms with Gasteiger partial charge in [0.25, 0.3) is 0 Å². The number of aromatic amines is 1. The largest absolute Gasteiger partial charge is 0.339 e. The molecule has 0 spiro atoms. The molecule has 0 aromatic carbocycles. The first-order valence-electron chi connectivity index (χ1n) is 7.08. The Bertz CT molecular complexity index is 451. The number of unbranched alkanes of at least 4 members (excludes halogenated alkanes) is 6. The number of aryl methyl sites for hydroxylation is 1. The van der Waals surface area contributed by atoms with Gasteiger partial charge in [-0.3, -0.25) is 5.10 Å². The van der Waals surface area contributed by atoms with Gasteiger partial charge in [0.05, 0.1) is 0 Å². The van der Waals surface area contributed by atoms with E-state index in [4.69, 9.17) is 4.52 Å². The zero-order valence-corrected chi connectivity index (χ0v) is 11.4. The Labute approximate surface area is 113 Å². The second-order valence-electron chi connectivity index (χ2n) is 4.72. The number of H-pyrrole nitrogens is 1. The molecule has 0 aliphatic heterocycles. The van der Waals surface area contributed by atoms with Crippen molar-refractivity contribution in [3.63, 3.8) is 0 Å². The predicted molar refractivity (Wildman–Crippen MR) is 71.4 cm³/mol. The molecule has 2 rings (SSSR count). The lowest BCUT2D eigenvalue weighted by molar-refractivity contribution is 0.373. The maximum absolute atomic E-state index is 5.18. The average Bonchev–Trinajstić information content (AvgIpc) is 3.08. The Hall–Kier alpha value is -1.72. The Kier molecular flexibility index (Phi) is 5.52. The fourth-order valence-electron chi connectivity index (χ4n) is 2.00. The van der Waals surface area contributed by atoms with Gasteiger partial charge in [-0.25, -0.2) is 4.98 Å². The lowest BCUT2D eigenvalue weighted by Gasteiger charge is -1.98. The third kappa shape index (κ3) is 4.46. The number of nitrogens with one attached hydrogen (secondary N) is 1. The minimum absolute atomic E-state index is 0.482. The molecular weight excluding hydrogens is 242 g/mol. The van der Waals surface area contributed by atoms with Gasteiger partial charge in [-0.2, -0.15) is 10.1 Å². The van der Waals surface area contributed by atoms with Gasteiger partial charge in [0, 0.05) is 6.42 Å². The summed E-state index contributed by atoms with van der Waals surface area (Å²) >= 11 is 0. The molecule has 1 N–H and O–H groups in total. The van der Waals surface area contributed by atoms with Crippen molar-refractivity contribution in [1.82, 2.24) is 25.3 Å². The first kappa shape index (κ1) is 13.7. The molecule has 2 aromatic rings. The molecule has 0 amide bonds. The minimum atomic E-state index is 0.482. The number of rotatable bonds is 9. The van der Waals surface area contributed by atoms with Crippen molar-refractivity contribution in [3.05, 3.63) is 12.2 Å². The number of hydrogen-bond acceptors (Lipinski definition) is 5. The molecule has 0 radical (unpaired) electrons. The standard InChI is InChI=1S/C13H21N5O/c1-2-3-4-5-6-7-8-9-11-16-13(18-19-11)12-14-10-15-17-12/h10H,2-9H2,1H3,(H,14,15,17). The van der Waals surface area contributed by atoms with Crippen LogP contribution in [-0.4, -0.2) is 25.3 Å². The summed E-state index contributed by atoms with van der Waals surface area (Å²) in [6, 6.07) is 0. The van der Waals surface area contributed by atoms with Gasteiger partial charge < -0.3 is 4.52 Å². The first-order chi connectivity index (χ1) is 9.40. The molecule has 2 aromatic heterocycles. The summed E-state index contributed by atoms with van der Waals surface area (Å²) in [5.74, 6) is 1.71. The van der Waals surface area contributed by atoms with Gasteiger partial charge >= 0.3 is 0 Å². The molecule has 6 nitrogen and oxygen atoms in total. The second kappa shape index (κ2) is 7.66. The Balaban J connectivity index is 1.64. The van der Waals surface area contributed by atoms with Crippen molar-refractivity contribution in [2.24, 2.45) is 0 Å². The molecule has 0 aliphatic rings. The SMILES string of the molecule is CCCCCCCCCc1nc(-c2ncn[nH]2)no1. The second-order valence-corrected chi connectivity index (χ2v) is 4.72. The van der Waals surface area contributed by atoms with E-state index in [0.717, 1.165) is 12.8 Å². The van der Waals surface area contributed by atoms with Crippen LogP contribution in [0.15, 0.2) is 10.9 Å². The van der Waals surface area contributed by atoms with Crippen molar-refractivity contribution >= 4 is 0 Å². The third-order valence-electron chi connectivity index (χ3n) is 3.09. The fraction of sp³-hybridized carbons (Fsp3) is 0.692. The van der Waals surface area contributed by atoms with Crippen molar-refractivity contribution in [3.8, 4) is 11.6 Å². The number of aromatic nitrogens is 5. The highest BCUT2D eigenvalue weighted by molar-refractivity contribution is 5.39. The zero-order chi connectivity index (χ0) is 13.3. The normalized spacial score (nSPS) is 11.0. The molecule has 0 saturated heterocycles. The van der Waals surface area contributed by atoms with E-state index in [1.54, 1.807) is 0 Å². The van der Waals surface area contributed by atoms with Crippen molar-refractivity contribution in [2.75, 3.05) is 0 Å². The Morgan fingerprint density at radius 1 is 1.11 bits per heavy atom. The van der Waals surface area contributed by atoms with Crippen LogP contribution in [0.4, 0.5) is 0 Å². The average molecular weight is 263 g/mol. The van der Waals surface area contributed by atoms with Gasteiger partial charge in [0.15, 0.2) is 5.82 Å². The van der Waals surface area contributed by atoms with Gasteiger partial charge in [0.2, 0.25) is 11.7 Å². The fourth-order valence-corrected chi connectivity index (χ4v) is 2.00. The van der Waals surface area contributed by atoms with E-state index in [9.17, 15) is 0 Å². The van der Waals surface area contributed by atoms with Crippen LogP contribution in [0.3, 0.4) is 0 Å². The van der Waals surface area contributed by atoms with E-state index < -0.39 is 0 Å². The molecule has 0 aliphatic carbocycles. The van der Waals surface area contributed by atoms with Crippen LogP contribution < -0.4 is 0 Å². The summed E-state index contributed by atoms with van der Waals surface area (Å²) < 4.78 is 5.18. The van der Waals surface area contributed by atoms with Crippen LogP contribution in [-0.2, 0) is 6.42 Å². The highest BCUT2D eigenvalue weighted by atomic mass is 16.5. The Morgan fingerprint density at radius 3 is 2.63 bits per heavy atom. The molecule has 2 heterocycles. The Morgan fingerprint density at radius 2 is 1.89 bits per heavy atom. The molecule has 6 heteroatoms. The molecule has 0 unspecified atom stereocenters. The molecule has 0 bridgehead atoms. The lowest BCUT2D eigenvalue weighted by Crippen LogP contribution is -1.88. The smallest absolute Gasteiger partial charge is 0.239 e. The van der Waals surface area contributed by atoms with Crippen LogP contribution in [0.25, 0.3) is 11.6 Å². The van der Waals surface area contributed by atoms with E-state index in [2.05, 4.69) is 32.2 Å². The van der Waals surface area contributed by atoms with E-state index >= 15 is 0 Å². The third-order valence-corrected chi connectivity index (χ3v) is 3.09. The summed E-state index contributed by atoms with van der Waals surface area (Å²) in [5.41, 5.74) is 0. The number of hydrogen-bond donors (Lipinski definition) is 1. The monoisotopic (exact) mass is 263 g/mol. The first-order valence-corrected chi connectivity index (χ1v) is 7.08. The zero-order valence-electron chi connectivity index (χ0n) is 11.4. The summed E-state index contributed by atoms with van der Waals surface area (Å²) in [4.78, 5) is 8.27. The maximum Gasteiger partial charge on any atom is 0.239 e. The van der Waals surface area contributed by atoms with Crippen molar-refractivity contribution < 1.29 is 4.52 Å². The predicted octanol–water partition coefficient (Wildman–Crippen LogP) is 3.15. The van der Waals surface area contributed by atoms with Crippen molar-refractivity contribution in [2.45, 2.75) is 58.3 Å². The van der Waals surface area contributed by atoms with Crippen LogP contribution in [0.5, 0.6) is 0 Å². The minimum Gasteiger partial charge on any atom is -0.339 e. The van der Waals surface area contributed by atoms with Gasteiger partial charge in [-0.15, -0.1) is 0 Å². The summed E-state index contributed by atoms with van der Waals surface area (Å²) in [6.07, 6.45) is 11.2. The molecule has 0 atom stereocenters. The summed E-state index contributed by atoms with van der Waals surface area (Å²) in [7, 11) is 0. The quantitative estimate of drug-likeness (QED) is 0.703. The molecule has 0 saturated carbocycles. The number of nitrogens with zero attached hydrogens (tertiary/aromatic N) is 4. The van der Waals surface area contributed by atoms with Crippen LogP contribution in [0, 0.1) is 0 Å². The summed E-state index contributed by atoms with van der Waals surface area (Å²) in [6.45, 7) is 2.24. The highest BCUT2D eigenvalue weighted by Crippen LogP contribution is 2.12. The summed E-state index contributed by atoms with van der Waals surface area (Å²) in [5, 5.41) is 10.4. The topological polar surface area (TPSA) is 80.5 Å². The highest BCUT2D eigenvalue weighted by Gasteiger charge is 2.10. The van der Waals surface area contributed by atoms with Crippen LogP contribution >= 0.6 is 0 Å². The van der Waals surface area contributed by atoms with Crippen molar-refractivity contribution in [1.29, 1.82) is 0 Å². The van der Waals surface area contributed by atoms with E-state index in [1.165, 1.54) is 44.9 Å². The van der Waals surface area contributed by atoms with E-state index in [-0.39, 0.29) is 0 Å². The van der Waals surface area contributed by atoms with E-state index in [0.29, 0.717) is 17.5 Å². The van der Waals surface area contributed by atoms with Crippen LogP contribution in [0.1, 0.15) is 57.8 Å². The maximum atomic E-state index is 5.18. The van der Waals surface area contributed by atoms with Gasteiger partial charge in [-0.1, -0.05) is 50.6 Å².